The lowest BCUT2D eigenvalue weighted by Gasteiger charge is -2.14. The first-order chi connectivity index (χ1) is 18.6. The second-order valence-corrected chi connectivity index (χ2v) is 8.22. The van der Waals surface area contributed by atoms with Crippen LogP contribution in [0.5, 0.6) is 17.2 Å². The molecule has 0 atom stereocenters. The Balaban J connectivity index is 1.60. The molecule has 39 heavy (non-hydrogen) atoms. The number of nitro groups is 1. The zero-order valence-electron chi connectivity index (χ0n) is 20.3. The van der Waals surface area contributed by atoms with Crippen LogP contribution in [-0.2, 0) is 17.5 Å². The van der Waals surface area contributed by atoms with Crippen molar-refractivity contribution in [3.8, 4) is 17.2 Å². The van der Waals surface area contributed by atoms with Gasteiger partial charge in [0, 0.05) is 18.2 Å². The van der Waals surface area contributed by atoms with E-state index in [1.807, 2.05) is 6.92 Å². The summed E-state index contributed by atoms with van der Waals surface area (Å²) in [4.78, 5) is 35.2. The molecule has 0 aliphatic heterocycles. The largest absolute Gasteiger partial charge is 0.489 e. The van der Waals surface area contributed by atoms with E-state index < -0.39 is 34.0 Å². The smallest absolute Gasteiger partial charge is 0.453 e. The van der Waals surface area contributed by atoms with Crippen molar-refractivity contribution >= 4 is 22.6 Å². The first-order valence-electron chi connectivity index (χ1n) is 11.6. The molecule has 1 aromatic heterocycles. The molecule has 0 fully saturated rings. The van der Waals surface area contributed by atoms with Gasteiger partial charge in [-0.15, -0.1) is 0 Å². The third-order valence-electron chi connectivity index (χ3n) is 5.38. The van der Waals surface area contributed by atoms with E-state index >= 15 is 0 Å². The second kappa shape index (κ2) is 11.3. The summed E-state index contributed by atoms with van der Waals surface area (Å²) in [5, 5.41) is 10.6. The molecule has 0 aliphatic carbocycles. The number of ether oxygens (including phenoxy) is 3. The van der Waals surface area contributed by atoms with Crippen molar-refractivity contribution in [3.63, 3.8) is 0 Å². The number of carbonyl (C=O) groups excluding carboxylic acids is 1. The van der Waals surface area contributed by atoms with Gasteiger partial charge in [-0.05, 0) is 60.5 Å². The molecule has 4 rings (SSSR count). The highest BCUT2D eigenvalue weighted by Gasteiger charge is 2.40. The molecular weight excluding hydrogens is 523 g/mol. The van der Waals surface area contributed by atoms with Gasteiger partial charge in [0.25, 0.3) is 11.4 Å². The average Bonchev–Trinajstić information content (AvgIpc) is 2.91. The van der Waals surface area contributed by atoms with E-state index in [9.17, 15) is 32.9 Å². The zero-order chi connectivity index (χ0) is 28.2. The lowest BCUT2D eigenvalue weighted by molar-refractivity contribution is -0.384. The van der Waals surface area contributed by atoms with Crippen LogP contribution in [-0.4, -0.2) is 17.5 Å². The minimum atomic E-state index is -5.07. The molecule has 4 aromatic rings. The predicted molar refractivity (Wildman–Crippen MR) is 132 cm³/mol. The lowest BCUT2D eigenvalue weighted by Crippen LogP contribution is -2.15. The number of non-ortho nitro benzene ring substituents is 1. The highest BCUT2D eigenvalue weighted by molar-refractivity contribution is 5.89. The third-order valence-corrected chi connectivity index (χ3v) is 5.38. The van der Waals surface area contributed by atoms with E-state index in [4.69, 9.17) is 18.6 Å². The summed E-state index contributed by atoms with van der Waals surface area (Å²) >= 11 is 0. The van der Waals surface area contributed by atoms with Crippen molar-refractivity contribution in [2.24, 2.45) is 0 Å². The molecule has 1 heterocycles. The number of nitrogens with zero attached hydrogens (tertiary/aromatic N) is 1. The van der Waals surface area contributed by atoms with E-state index in [1.165, 1.54) is 60.7 Å². The van der Waals surface area contributed by atoms with E-state index in [0.717, 1.165) is 6.07 Å². The van der Waals surface area contributed by atoms with Gasteiger partial charge in [-0.2, -0.15) is 13.2 Å². The van der Waals surface area contributed by atoms with Crippen molar-refractivity contribution in [2.75, 3.05) is 6.61 Å². The van der Waals surface area contributed by atoms with Crippen LogP contribution in [0.1, 0.15) is 35.0 Å². The number of hydrogen-bond acceptors (Lipinski definition) is 8. The average molecular weight is 543 g/mol. The predicted octanol–water partition coefficient (Wildman–Crippen LogP) is 6.66. The fourth-order valence-corrected chi connectivity index (χ4v) is 3.46. The molecule has 0 amide bonds. The number of fused-ring (bicyclic) bond motifs is 1. The van der Waals surface area contributed by atoms with E-state index in [0.29, 0.717) is 12.0 Å². The first-order valence-corrected chi connectivity index (χ1v) is 11.6. The van der Waals surface area contributed by atoms with Gasteiger partial charge in [-0.25, -0.2) is 4.79 Å². The Kier molecular flexibility index (Phi) is 7.84. The van der Waals surface area contributed by atoms with Crippen LogP contribution in [0.15, 0.2) is 75.9 Å². The van der Waals surface area contributed by atoms with Gasteiger partial charge in [0.05, 0.1) is 22.5 Å². The van der Waals surface area contributed by atoms with Crippen LogP contribution in [0, 0.1) is 10.1 Å². The molecule has 0 radical (unpaired) electrons. The van der Waals surface area contributed by atoms with Crippen molar-refractivity contribution in [1.82, 2.24) is 0 Å². The Labute approximate surface area is 218 Å². The molecular formula is C27H20F3NO8. The van der Waals surface area contributed by atoms with Crippen LogP contribution in [0.3, 0.4) is 0 Å². The SMILES string of the molecule is CCCOC(=O)c1ccc(Oc2c(C(F)(F)F)oc3cc(OCc4ccc([N+](=O)[O-])cc4)ccc3c2=O)cc1. The summed E-state index contributed by atoms with van der Waals surface area (Å²) < 4.78 is 62.5. The molecule has 0 spiro atoms. The summed E-state index contributed by atoms with van der Waals surface area (Å²) in [6, 6.07) is 14.4. The summed E-state index contributed by atoms with van der Waals surface area (Å²) in [7, 11) is 0. The molecule has 12 heteroatoms. The molecule has 0 bridgehead atoms. The minimum Gasteiger partial charge on any atom is -0.489 e. The van der Waals surface area contributed by atoms with Gasteiger partial charge in [-0.1, -0.05) is 6.92 Å². The van der Waals surface area contributed by atoms with Crippen LogP contribution in [0.25, 0.3) is 11.0 Å². The van der Waals surface area contributed by atoms with E-state index in [1.54, 1.807) is 0 Å². The Hall–Kier alpha value is -4.87. The molecule has 0 N–H and O–H groups in total. The van der Waals surface area contributed by atoms with Crippen molar-refractivity contribution in [1.29, 1.82) is 0 Å². The standard InChI is InChI=1S/C27H20F3NO8/c1-2-13-36-26(33)17-5-9-19(10-6-17)38-24-23(32)21-12-11-20(14-22(21)39-25(24)27(28,29)30)37-15-16-3-7-18(8-4-16)31(34)35/h3-12,14H,2,13,15H2,1H3. The summed E-state index contributed by atoms with van der Waals surface area (Å²) in [5.41, 5.74) is -0.800. The van der Waals surface area contributed by atoms with Gasteiger partial charge in [-0.3, -0.25) is 14.9 Å². The van der Waals surface area contributed by atoms with E-state index in [-0.39, 0.29) is 46.9 Å². The first kappa shape index (κ1) is 27.2. The number of nitro benzene ring substituents is 1. The van der Waals surface area contributed by atoms with Crippen LogP contribution < -0.4 is 14.9 Å². The number of esters is 1. The number of rotatable bonds is 9. The maximum Gasteiger partial charge on any atom is 0.453 e. The van der Waals surface area contributed by atoms with Gasteiger partial charge in [0.1, 0.15) is 23.7 Å². The van der Waals surface area contributed by atoms with E-state index in [2.05, 4.69) is 0 Å². The normalized spacial score (nSPS) is 11.3. The lowest BCUT2D eigenvalue weighted by atomic mass is 10.2. The Morgan fingerprint density at radius 1 is 1.00 bits per heavy atom. The molecule has 0 unspecified atom stereocenters. The fourth-order valence-electron chi connectivity index (χ4n) is 3.46. The maximum atomic E-state index is 13.9. The minimum absolute atomic E-state index is 0.0387. The number of hydrogen-bond donors (Lipinski definition) is 0. The Morgan fingerprint density at radius 2 is 1.67 bits per heavy atom. The highest BCUT2D eigenvalue weighted by Crippen LogP contribution is 2.38. The number of carbonyl (C=O) groups is 1. The van der Waals surface area contributed by atoms with Crippen molar-refractivity contribution in [3.05, 3.63) is 104 Å². The number of alkyl halides is 3. The topological polar surface area (TPSA) is 118 Å². The van der Waals surface area contributed by atoms with Crippen LogP contribution in [0.2, 0.25) is 0 Å². The fraction of sp³-hybridized carbons (Fsp3) is 0.185. The summed E-state index contributed by atoms with van der Waals surface area (Å²) in [6.07, 6.45) is -4.44. The molecule has 3 aromatic carbocycles. The molecule has 0 aliphatic rings. The van der Waals surface area contributed by atoms with Crippen molar-refractivity contribution < 1.29 is 41.5 Å². The van der Waals surface area contributed by atoms with Gasteiger partial charge in [0.15, 0.2) is 0 Å². The highest BCUT2D eigenvalue weighted by atomic mass is 19.4. The zero-order valence-corrected chi connectivity index (χ0v) is 20.3. The number of benzene rings is 3. The molecule has 0 saturated carbocycles. The Bertz CT molecular complexity index is 1560. The van der Waals surface area contributed by atoms with Gasteiger partial charge < -0.3 is 18.6 Å². The van der Waals surface area contributed by atoms with Crippen molar-refractivity contribution in [2.45, 2.75) is 26.1 Å². The second-order valence-electron chi connectivity index (χ2n) is 8.22. The van der Waals surface area contributed by atoms with Gasteiger partial charge >= 0.3 is 12.1 Å². The van der Waals surface area contributed by atoms with Crippen LogP contribution >= 0.6 is 0 Å². The monoisotopic (exact) mass is 543 g/mol. The van der Waals surface area contributed by atoms with Gasteiger partial charge in [0.2, 0.25) is 11.2 Å². The molecule has 202 valence electrons. The van der Waals surface area contributed by atoms with Crippen LogP contribution in [0.4, 0.5) is 18.9 Å². The summed E-state index contributed by atoms with van der Waals surface area (Å²) in [6.45, 7) is 2.00. The molecule has 0 saturated heterocycles. The Morgan fingerprint density at radius 3 is 2.28 bits per heavy atom. The third kappa shape index (κ3) is 6.35. The quantitative estimate of drug-likeness (QED) is 0.131. The maximum absolute atomic E-state index is 13.9. The summed E-state index contributed by atoms with van der Waals surface area (Å²) in [5.74, 6) is -3.32. The molecule has 9 nitrogen and oxygen atoms in total. The number of halogens is 3.